The van der Waals surface area contributed by atoms with Crippen LogP contribution in [0, 0.1) is 6.92 Å². The number of aryl methyl sites for hydroxylation is 2. The van der Waals surface area contributed by atoms with Crippen molar-refractivity contribution in [1.29, 1.82) is 0 Å². The number of rotatable bonds is 3. The molecule has 80 valence electrons. The third kappa shape index (κ3) is 1.83. The smallest absolute Gasteiger partial charge is 0.148 e. The zero-order valence-electron chi connectivity index (χ0n) is 8.88. The van der Waals surface area contributed by atoms with Gasteiger partial charge in [0.15, 0.2) is 0 Å². The number of anilines is 1. The first-order valence-electron chi connectivity index (χ1n) is 4.87. The van der Waals surface area contributed by atoms with E-state index in [4.69, 9.17) is 5.73 Å². The van der Waals surface area contributed by atoms with E-state index in [9.17, 15) is 0 Å². The minimum atomic E-state index is 0.603. The zero-order valence-corrected chi connectivity index (χ0v) is 8.88. The van der Waals surface area contributed by atoms with Crippen LogP contribution in [0.1, 0.15) is 18.4 Å². The van der Waals surface area contributed by atoms with Gasteiger partial charge in [-0.25, -0.2) is 9.67 Å². The predicted octanol–water partition coefficient (Wildman–Crippen LogP) is 0.433. The van der Waals surface area contributed by atoms with Crippen molar-refractivity contribution in [2.75, 3.05) is 5.73 Å². The van der Waals surface area contributed by atoms with Crippen LogP contribution in [0.25, 0.3) is 0 Å². The molecule has 0 fully saturated rings. The molecule has 0 unspecified atom stereocenters. The molecule has 2 aromatic heterocycles. The van der Waals surface area contributed by atoms with E-state index in [1.54, 1.807) is 11.0 Å². The molecule has 0 radical (unpaired) electrons. The quantitative estimate of drug-likeness (QED) is 0.790. The molecule has 0 atom stereocenters. The average molecular weight is 206 g/mol. The van der Waals surface area contributed by atoms with Crippen LogP contribution >= 0.6 is 0 Å². The number of hydrogen-bond acceptors (Lipinski definition) is 4. The van der Waals surface area contributed by atoms with Crippen LogP contribution in [-0.4, -0.2) is 24.5 Å². The first-order chi connectivity index (χ1) is 7.20. The van der Waals surface area contributed by atoms with Crippen molar-refractivity contribution in [2.24, 2.45) is 0 Å². The second kappa shape index (κ2) is 3.72. The summed E-state index contributed by atoms with van der Waals surface area (Å²) in [6.07, 6.45) is 3.36. The average Bonchev–Trinajstić information content (AvgIpc) is 2.75. The topological polar surface area (TPSA) is 74.5 Å². The van der Waals surface area contributed by atoms with Gasteiger partial charge in [0, 0.05) is 12.7 Å². The van der Waals surface area contributed by atoms with Gasteiger partial charge in [-0.1, -0.05) is 0 Å². The van der Waals surface area contributed by atoms with Crippen LogP contribution in [0.5, 0.6) is 0 Å². The lowest BCUT2D eigenvalue weighted by molar-refractivity contribution is 0.566. The lowest BCUT2D eigenvalue weighted by Crippen LogP contribution is -2.09. The molecule has 2 heterocycles. The molecule has 0 aliphatic heterocycles. The van der Waals surface area contributed by atoms with Gasteiger partial charge in [-0.3, -0.25) is 4.68 Å². The standard InChI is InChI=1S/C9H14N6/c1-3-15-9(11-6-12-15)5-14-4-8(10)7(2)13-14/h4,6H,3,5,10H2,1-2H3. The number of hydrogen-bond donors (Lipinski definition) is 1. The fourth-order valence-corrected chi connectivity index (χ4v) is 1.43. The van der Waals surface area contributed by atoms with Crippen molar-refractivity contribution in [3.05, 3.63) is 24.0 Å². The Labute approximate surface area is 87.7 Å². The van der Waals surface area contributed by atoms with Crippen molar-refractivity contribution >= 4 is 5.69 Å². The van der Waals surface area contributed by atoms with Gasteiger partial charge in [0.2, 0.25) is 0 Å². The molecule has 0 saturated heterocycles. The predicted molar refractivity (Wildman–Crippen MR) is 56.2 cm³/mol. The first kappa shape index (κ1) is 9.70. The van der Waals surface area contributed by atoms with Gasteiger partial charge in [-0.2, -0.15) is 10.2 Å². The maximum Gasteiger partial charge on any atom is 0.148 e. The first-order valence-corrected chi connectivity index (χ1v) is 4.87. The van der Waals surface area contributed by atoms with Gasteiger partial charge in [0.05, 0.1) is 11.4 Å². The van der Waals surface area contributed by atoms with E-state index in [0.717, 1.165) is 18.1 Å². The van der Waals surface area contributed by atoms with E-state index >= 15 is 0 Å². The Morgan fingerprint density at radius 1 is 1.47 bits per heavy atom. The summed E-state index contributed by atoms with van der Waals surface area (Å²) in [6.45, 7) is 5.33. The summed E-state index contributed by atoms with van der Waals surface area (Å²) in [4.78, 5) is 4.17. The van der Waals surface area contributed by atoms with Crippen LogP contribution in [0.4, 0.5) is 5.69 Å². The maximum atomic E-state index is 5.71. The van der Waals surface area contributed by atoms with Gasteiger partial charge in [0.1, 0.15) is 18.7 Å². The van der Waals surface area contributed by atoms with Crippen LogP contribution in [0.15, 0.2) is 12.5 Å². The normalized spacial score (nSPS) is 10.8. The summed E-state index contributed by atoms with van der Waals surface area (Å²) in [6, 6.07) is 0. The number of aromatic nitrogens is 5. The third-order valence-corrected chi connectivity index (χ3v) is 2.28. The summed E-state index contributed by atoms with van der Waals surface area (Å²) in [5, 5.41) is 8.36. The van der Waals surface area contributed by atoms with Gasteiger partial charge < -0.3 is 5.73 Å². The molecular weight excluding hydrogens is 192 g/mol. The van der Waals surface area contributed by atoms with Crippen LogP contribution in [0.3, 0.4) is 0 Å². The zero-order chi connectivity index (χ0) is 10.8. The summed E-state index contributed by atoms with van der Waals surface area (Å²) in [5.74, 6) is 0.889. The molecule has 2 aromatic rings. The fourth-order valence-electron chi connectivity index (χ4n) is 1.43. The fraction of sp³-hybridized carbons (Fsp3) is 0.444. The van der Waals surface area contributed by atoms with E-state index in [2.05, 4.69) is 15.2 Å². The van der Waals surface area contributed by atoms with Gasteiger partial charge in [-0.05, 0) is 13.8 Å². The molecule has 0 aliphatic rings. The van der Waals surface area contributed by atoms with E-state index in [0.29, 0.717) is 12.2 Å². The van der Waals surface area contributed by atoms with Crippen molar-refractivity contribution in [1.82, 2.24) is 24.5 Å². The summed E-state index contributed by atoms with van der Waals surface area (Å²) < 4.78 is 3.62. The highest BCUT2D eigenvalue weighted by Crippen LogP contribution is 2.08. The van der Waals surface area contributed by atoms with Gasteiger partial charge in [-0.15, -0.1) is 0 Å². The molecule has 6 heteroatoms. The second-order valence-corrected chi connectivity index (χ2v) is 3.36. The molecule has 0 saturated carbocycles. The van der Waals surface area contributed by atoms with Crippen molar-refractivity contribution in [3.8, 4) is 0 Å². The Kier molecular flexibility index (Phi) is 2.40. The molecule has 0 spiro atoms. The molecule has 0 aliphatic carbocycles. The number of nitrogen functional groups attached to an aromatic ring is 1. The highest BCUT2D eigenvalue weighted by molar-refractivity contribution is 5.39. The second-order valence-electron chi connectivity index (χ2n) is 3.36. The number of nitrogens with zero attached hydrogens (tertiary/aromatic N) is 5. The molecule has 0 amide bonds. The van der Waals surface area contributed by atoms with E-state index < -0.39 is 0 Å². The highest BCUT2D eigenvalue weighted by atomic mass is 15.4. The van der Waals surface area contributed by atoms with E-state index in [-0.39, 0.29) is 0 Å². The van der Waals surface area contributed by atoms with E-state index in [1.807, 2.05) is 24.7 Å². The Balaban J connectivity index is 2.21. The van der Waals surface area contributed by atoms with Crippen molar-refractivity contribution in [2.45, 2.75) is 26.9 Å². The lowest BCUT2D eigenvalue weighted by atomic mass is 10.4. The lowest BCUT2D eigenvalue weighted by Gasteiger charge is -2.02. The molecule has 15 heavy (non-hydrogen) atoms. The van der Waals surface area contributed by atoms with Crippen LogP contribution < -0.4 is 5.73 Å². The van der Waals surface area contributed by atoms with E-state index in [1.165, 1.54) is 0 Å². The largest absolute Gasteiger partial charge is 0.396 e. The minimum absolute atomic E-state index is 0.603. The van der Waals surface area contributed by atoms with Gasteiger partial charge in [0.25, 0.3) is 0 Å². The van der Waals surface area contributed by atoms with Crippen molar-refractivity contribution < 1.29 is 0 Å². The maximum absolute atomic E-state index is 5.71. The Bertz CT molecular complexity index is 435. The van der Waals surface area contributed by atoms with Crippen LogP contribution in [-0.2, 0) is 13.1 Å². The van der Waals surface area contributed by atoms with Gasteiger partial charge >= 0.3 is 0 Å². The van der Waals surface area contributed by atoms with Crippen molar-refractivity contribution in [3.63, 3.8) is 0 Å². The molecule has 2 rings (SSSR count). The summed E-state index contributed by atoms with van der Waals surface area (Å²) in [7, 11) is 0. The summed E-state index contributed by atoms with van der Waals surface area (Å²) in [5.41, 5.74) is 7.27. The van der Waals surface area contributed by atoms with Crippen LogP contribution in [0.2, 0.25) is 0 Å². The molecule has 2 N–H and O–H groups in total. The third-order valence-electron chi connectivity index (χ3n) is 2.28. The Hall–Kier alpha value is -1.85. The molecule has 0 aromatic carbocycles. The summed E-state index contributed by atoms with van der Waals surface area (Å²) >= 11 is 0. The molecular formula is C9H14N6. The molecule has 6 nitrogen and oxygen atoms in total. The highest BCUT2D eigenvalue weighted by Gasteiger charge is 2.06. The SMILES string of the molecule is CCn1ncnc1Cn1cc(N)c(C)n1. The Morgan fingerprint density at radius 3 is 2.87 bits per heavy atom. The number of nitrogens with two attached hydrogens (primary N) is 1. The monoisotopic (exact) mass is 206 g/mol. The molecule has 0 bridgehead atoms. The Morgan fingerprint density at radius 2 is 2.27 bits per heavy atom. The minimum Gasteiger partial charge on any atom is -0.396 e.